The van der Waals surface area contributed by atoms with Crippen LogP contribution >= 0.6 is 11.6 Å². The fraction of sp³-hybridized carbons (Fsp3) is 0.429. The molecule has 1 rings (SSSR count). The van der Waals surface area contributed by atoms with E-state index in [9.17, 15) is 8.42 Å². The van der Waals surface area contributed by atoms with E-state index in [2.05, 4.69) is 8.60 Å². The molecular formula is C7H9ClO4S. The molecule has 6 heteroatoms. The first kappa shape index (κ1) is 10.6. The summed E-state index contributed by atoms with van der Waals surface area (Å²) < 4.78 is 31.9. The fourth-order valence-corrected chi connectivity index (χ4v) is 2.10. The van der Waals surface area contributed by atoms with Crippen molar-refractivity contribution >= 4 is 21.7 Å². The summed E-state index contributed by atoms with van der Waals surface area (Å²) in [5.74, 6) is 0. The third-order valence-electron chi connectivity index (χ3n) is 1.30. The van der Waals surface area contributed by atoms with Crippen molar-refractivity contribution in [1.29, 1.82) is 0 Å². The monoisotopic (exact) mass is 224 g/mol. The van der Waals surface area contributed by atoms with Crippen LogP contribution in [0.4, 0.5) is 0 Å². The van der Waals surface area contributed by atoms with Gasteiger partial charge in [0.05, 0.1) is 12.9 Å². The summed E-state index contributed by atoms with van der Waals surface area (Å²) in [6.45, 7) is 1.95. The molecule has 0 aliphatic heterocycles. The highest BCUT2D eigenvalue weighted by molar-refractivity contribution is 7.86. The molecule has 0 aromatic carbocycles. The first-order chi connectivity index (χ1) is 6.08. The van der Waals surface area contributed by atoms with Gasteiger partial charge in [-0.1, -0.05) is 6.92 Å². The van der Waals surface area contributed by atoms with Crippen LogP contribution in [0.1, 0.15) is 13.3 Å². The van der Waals surface area contributed by atoms with Crippen molar-refractivity contribution in [2.75, 3.05) is 6.61 Å². The lowest BCUT2D eigenvalue weighted by molar-refractivity contribution is 0.317. The normalized spacial score (nSPS) is 11.8. The maximum Gasteiger partial charge on any atom is 0.301 e. The van der Waals surface area contributed by atoms with Gasteiger partial charge in [0.2, 0.25) is 5.22 Å². The summed E-state index contributed by atoms with van der Waals surface area (Å²) in [4.78, 5) is -0.123. The van der Waals surface area contributed by atoms with Crippen LogP contribution in [0, 0.1) is 0 Å². The molecule has 0 saturated carbocycles. The van der Waals surface area contributed by atoms with Gasteiger partial charge in [-0.05, 0) is 24.1 Å². The van der Waals surface area contributed by atoms with Gasteiger partial charge in [0.25, 0.3) is 0 Å². The van der Waals surface area contributed by atoms with E-state index in [0.29, 0.717) is 6.42 Å². The second-order valence-corrected chi connectivity index (χ2v) is 4.26. The average molecular weight is 225 g/mol. The predicted molar refractivity (Wildman–Crippen MR) is 47.1 cm³/mol. The van der Waals surface area contributed by atoms with Gasteiger partial charge in [-0.15, -0.1) is 0 Å². The van der Waals surface area contributed by atoms with Gasteiger partial charge in [0.15, 0.2) is 4.90 Å². The Kier molecular flexibility index (Phi) is 3.35. The topological polar surface area (TPSA) is 56.5 Å². The molecular weight excluding hydrogens is 216 g/mol. The minimum Gasteiger partial charge on any atom is -0.451 e. The Labute approximate surface area is 81.6 Å². The zero-order chi connectivity index (χ0) is 9.90. The van der Waals surface area contributed by atoms with E-state index in [-0.39, 0.29) is 16.7 Å². The first-order valence-corrected chi connectivity index (χ1v) is 5.49. The van der Waals surface area contributed by atoms with Crippen LogP contribution in [-0.2, 0) is 14.3 Å². The molecule has 0 bridgehead atoms. The third-order valence-corrected chi connectivity index (χ3v) is 3.04. The minimum atomic E-state index is -3.74. The summed E-state index contributed by atoms with van der Waals surface area (Å²) in [6.07, 6.45) is 1.82. The second kappa shape index (κ2) is 4.13. The van der Waals surface area contributed by atoms with Crippen molar-refractivity contribution < 1.29 is 17.0 Å². The number of furan rings is 1. The zero-order valence-electron chi connectivity index (χ0n) is 6.99. The Hall–Kier alpha value is -0.520. The highest BCUT2D eigenvalue weighted by Crippen LogP contribution is 2.23. The van der Waals surface area contributed by atoms with Gasteiger partial charge in [-0.2, -0.15) is 8.42 Å². The maximum absolute atomic E-state index is 11.3. The van der Waals surface area contributed by atoms with E-state index in [1.165, 1.54) is 12.3 Å². The van der Waals surface area contributed by atoms with E-state index in [4.69, 9.17) is 11.6 Å². The summed E-state index contributed by atoms with van der Waals surface area (Å²) in [5.41, 5.74) is 0. The molecule has 1 aromatic heterocycles. The molecule has 0 atom stereocenters. The van der Waals surface area contributed by atoms with E-state index in [1.807, 2.05) is 6.92 Å². The van der Waals surface area contributed by atoms with Gasteiger partial charge in [-0.3, -0.25) is 4.18 Å². The molecule has 0 unspecified atom stereocenters. The van der Waals surface area contributed by atoms with Gasteiger partial charge in [0, 0.05) is 0 Å². The lowest BCUT2D eigenvalue weighted by atomic mass is 10.5. The molecule has 0 spiro atoms. The lowest BCUT2D eigenvalue weighted by Crippen LogP contribution is -2.06. The van der Waals surface area contributed by atoms with E-state index < -0.39 is 10.1 Å². The Morgan fingerprint density at radius 2 is 2.31 bits per heavy atom. The minimum absolute atomic E-state index is 0.123. The number of hydrogen-bond donors (Lipinski definition) is 0. The van der Waals surface area contributed by atoms with E-state index >= 15 is 0 Å². The summed E-state index contributed by atoms with van der Waals surface area (Å²) in [6, 6.07) is 1.26. The van der Waals surface area contributed by atoms with Crippen LogP contribution < -0.4 is 0 Å². The van der Waals surface area contributed by atoms with E-state index in [0.717, 1.165) is 0 Å². The van der Waals surface area contributed by atoms with Gasteiger partial charge in [-0.25, -0.2) is 0 Å². The van der Waals surface area contributed by atoms with Crippen LogP contribution in [0.25, 0.3) is 0 Å². The van der Waals surface area contributed by atoms with Crippen molar-refractivity contribution in [1.82, 2.24) is 0 Å². The maximum atomic E-state index is 11.3. The van der Waals surface area contributed by atoms with Crippen molar-refractivity contribution in [3.63, 3.8) is 0 Å². The summed E-state index contributed by atoms with van der Waals surface area (Å²) >= 11 is 5.48. The summed E-state index contributed by atoms with van der Waals surface area (Å²) in [7, 11) is -3.74. The Morgan fingerprint density at radius 3 is 2.77 bits per heavy atom. The number of hydrogen-bond acceptors (Lipinski definition) is 4. The molecule has 1 aromatic rings. The molecule has 0 saturated heterocycles. The van der Waals surface area contributed by atoms with Gasteiger partial charge < -0.3 is 4.42 Å². The molecule has 13 heavy (non-hydrogen) atoms. The van der Waals surface area contributed by atoms with Crippen molar-refractivity contribution in [3.05, 3.63) is 17.5 Å². The zero-order valence-corrected chi connectivity index (χ0v) is 8.56. The molecule has 0 amide bonds. The highest BCUT2D eigenvalue weighted by Gasteiger charge is 2.20. The largest absolute Gasteiger partial charge is 0.451 e. The Bertz CT molecular complexity index is 368. The Balaban J connectivity index is 2.88. The molecule has 0 N–H and O–H groups in total. The molecule has 0 radical (unpaired) electrons. The average Bonchev–Trinajstić information content (AvgIpc) is 2.48. The molecule has 1 heterocycles. The number of halogens is 1. The molecule has 0 aliphatic rings. The van der Waals surface area contributed by atoms with Crippen LogP contribution in [0.15, 0.2) is 21.6 Å². The molecule has 0 fully saturated rings. The second-order valence-electron chi connectivity index (χ2n) is 2.33. The fourth-order valence-electron chi connectivity index (χ4n) is 0.717. The predicted octanol–water partition coefficient (Wildman–Crippen LogP) is 2.05. The quantitative estimate of drug-likeness (QED) is 0.735. The van der Waals surface area contributed by atoms with Crippen molar-refractivity contribution in [2.24, 2.45) is 0 Å². The molecule has 4 nitrogen and oxygen atoms in total. The smallest absolute Gasteiger partial charge is 0.301 e. The highest BCUT2D eigenvalue weighted by atomic mass is 35.5. The third kappa shape index (κ3) is 2.46. The van der Waals surface area contributed by atoms with Crippen molar-refractivity contribution in [2.45, 2.75) is 18.2 Å². The summed E-state index contributed by atoms with van der Waals surface area (Å²) in [5, 5.41) is -0.170. The standard InChI is InChI=1S/C7H9ClO4S/c1-2-4-12-13(9,10)6-3-5-11-7(6)8/h3,5H,2,4H2,1H3. The molecule has 0 aliphatic carbocycles. The SMILES string of the molecule is CCCOS(=O)(=O)c1ccoc1Cl. The first-order valence-electron chi connectivity index (χ1n) is 3.70. The van der Waals surface area contributed by atoms with Gasteiger partial charge in [0.1, 0.15) is 0 Å². The van der Waals surface area contributed by atoms with Crippen LogP contribution in [0.5, 0.6) is 0 Å². The van der Waals surface area contributed by atoms with E-state index in [1.54, 1.807) is 0 Å². The number of rotatable bonds is 4. The molecule has 74 valence electrons. The van der Waals surface area contributed by atoms with Crippen LogP contribution in [0.3, 0.4) is 0 Å². The Morgan fingerprint density at radius 1 is 1.62 bits per heavy atom. The lowest BCUT2D eigenvalue weighted by Gasteiger charge is -2.00. The van der Waals surface area contributed by atoms with Crippen molar-refractivity contribution in [3.8, 4) is 0 Å². The van der Waals surface area contributed by atoms with Gasteiger partial charge >= 0.3 is 10.1 Å². The van der Waals surface area contributed by atoms with Crippen LogP contribution in [-0.4, -0.2) is 15.0 Å². The van der Waals surface area contributed by atoms with Crippen LogP contribution in [0.2, 0.25) is 5.22 Å².